The van der Waals surface area contributed by atoms with Crippen molar-refractivity contribution in [1.29, 1.82) is 0 Å². The van der Waals surface area contributed by atoms with Crippen LogP contribution in [0, 0.1) is 17.5 Å². The van der Waals surface area contributed by atoms with Crippen LogP contribution in [-0.4, -0.2) is 46.6 Å². The van der Waals surface area contributed by atoms with E-state index in [9.17, 15) is 18.0 Å². The molecule has 0 spiro atoms. The molecule has 5 nitrogen and oxygen atoms in total. The molecule has 0 radical (unpaired) electrons. The first-order chi connectivity index (χ1) is 13.4. The zero-order valence-electron chi connectivity index (χ0n) is 15.2. The standard InChI is InChI=1S/C20H21F3N4O/c21-14-7-18(22)17(19(23)8-14)9-15-3-1-2-6-25-11-16-5-4-13(20(24)28)10-26(16)27(15)12-25/h1-2,5,7-8,10,15H,3-4,6,9,11-12H2,(H2,24,28). The van der Waals surface area contributed by atoms with E-state index in [4.69, 9.17) is 5.73 Å². The second-order valence-electron chi connectivity index (χ2n) is 7.27. The first-order valence-corrected chi connectivity index (χ1v) is 9.18. The lowest BCUT2D eigenvalue weighted by Gasteiger charge is -2.50. The molecular formula is C20H21F3N4O. The van der Waals surface area contributed by atoms with Gasteiger partial charge in [0.2, 0.25) is 5.91 Å². The first kappa shape index (κ1) is 18.8. The lowest BCUT2D eigenvalue weighted by molar-refractivity contribution is -0.115. The van der Waals surface area contributed by atoms with Crippen LogP contribution >= 0.6 is 0 Å². The molecule has 1 saturated heterocycles. The van der Waals surface area contributed by atoms with Crippen LogP contribution in [0.5, 0.6) is 0 Å². The molecule has 8 heteroatoms. The van der Waals surface area contributed by atoms with Gasteiger partial charge in [-0.25, -0.2) is 13.2 Å². The first-order valence-electron chi connectivity index (χ1n) is 9.18. The Labute approximate surface area is 161 Å². The fourth-order valence-electron chi connectivity index (χ4n) is 3.90. The maximum atomic E-state index is 14.2. The number of nitrogens with two attached hydrogens (primary N) is 1. The van der Waals surface area contributed by atoms with E-state index in [-0.39, 0.29) is 18.0 Å². The van der Waals surface area contributed by atoms with Crippen molar-refractivity contribution >= 4 is 5.91 Å². The Hall–Kier alpha value is -2.58. The predicted molar refractivity (Wildman–Crippen MR) is 97.7 cm³/mol. The summed E-state index contributed by atoms with van der Waals surface area (Å²) in [6, 6.07) is 1.13. The van der Waals surface area contributed by atoms with Crippen LogP contribution in [-0.2, 0) is 11.2 Å². The summed E-state index contributed by atoms with van der Waals surface area (Å²) in [4.78, 5) is 13.8. The molecule has 3 aliphatic rings. The van der Waals surface area contributed by atoms with E-state index in [1.807, 2.05) is 28.2 Å². The summed E-state index contributed by atoms with van der Waals surface area (Å²) in [6.07, 6.45) is 8.80. The van der Waals surface area contributed by atoms with Crippen molar-refractivity contribution in [3.8, 4) is 0 Å². The lowest BCUT2D eigenvalue weighted by atomic mass is 9.99. The van der Waals surface area contributed by atoms with E-state index < -0.39 is 23.4 Å². The Balaban J connectivity index is 1.69. The fraction of sp³-hybridized carbons (Fsp3) is 0.350. The molecule has 1 fully saturated rings. The second-order valence-corrected chi connectivity index (χ2v) is 7.27. The molecule has 148 valence electrons. The highest BCUT2D eigenvalue weighted by atomic mass is 19.1. The van der Waals surface area contributed by atoms with Gasteiger partial charge in [-0.2, -0.15) is 5.01 Å². The van der Waals surface area contributed by atoms with Crippen molar-refractivity contribution in [2.45, 2.75) is 25.3 Å². The summed E-state index contributed by atoms with van der Waals surface area (Å²) in [5.74, 6) is -3.20. The molecule has 0 saturated carbocycles. The lowest BCUT2D eigenvalue weighted by Crippen LogP contribution is -2.58. The minimum absolute atomic E-state index is 0.0691. The number of carbonyl (C=O) groups is 1. The van der Waals surface area contributed by atoms with Crippen LogP contribution in [0.4, 0.5) is 13.2 Å². The Morgan fingerprint density at radius 2 is 1.93 bits per heavy atom. The van der Waals surface area contributed by atoms with Gasteiger partial charge in [0.05, 0.1) is 6.67 Å². The van der Waals surface area contributed by atoms with Gasteiger partial charge in [0, 0.05) is 54.3 Å². The monoisotopic (exact) mass is 390 g/mol. The third kappa shape index (κ3) is 3.57. The molecule has 0 aromatic heterocycles. The minimum atomic E-state index is -0.934. The molecule has 2 bridgehead atoms. The van der Waals surface area contributed by atoms with Crippen molar-refractivity contribution < 1.29 is 18.0 Å². The maximum Gasteiger partial charge on any atom is 0.246 e. The van der Waals surface area contributed by atoms with Crippen LogP contribution in [0.1, 0.15) is 18.4 Å². The quantitative estimate of drug-likeness (QED) is 0.806. The minimum Gasteiger partial charge on any atom is -0.366 e. The van der Waals surface area contributed by atoms with E-state index >= 15 is 0 Å². The molecule has 1 aromatic rings. The van der Waals surface area contributed by atoms with Crippen LogP contribution in [0.3, 0.4) is 0 Å². The summed E-state index contributed by atoms with van der Waals surface area (Å²) in [6.45, 7) is 2.01. The van der Waals surface area contributed by atoms with Gasteiger partial charge in [-0.3, -0.25) is 14.7 Å². The van der Waals surface area contributed by atoms with Gasteiger partial charge < -0.3 is 5.73 Å². The summed E-state index contributed by atoms with van der Waals surface area (Å²) in [7, 11) is 0. The van der Waals surface area contributed by atoms with E-state index in [1.165, 1.54) is 0 Å². The zero-order chi connectivity index (χ0) is 19.8. The number of halogens is 3. The number of hydrogen-bond donors (Lipinski definition) is 1. The molecule has 1 aromatic carbocycles. The van der Waals surface area contributed by atoms with Gasteiger partial charge in [-0.1, -0.05) is 18.2 Å². The smallest absolute Gasteiger partial charge is 0.246 e. The van der Waals surface area contributed by atoms with Gasteiger partial charge >= 0.3 is 0 Å². The van der Waals surface area contributed by atoms with Crippen molar-refractivity contribution in [1.82, 2.24) is 14.9 Å². The third-order valence-corrected chi connectivity index (χ3v) is 5.36. The molecule has 4 rings (SSSR count). The Morgan fingerprint density at radius 1 is 1.18 bits per heavy atom. The Bertz CT molecular complexity index is 872. The molecule has 3 unspecified atom stereocenters. The molecule has 3 heterocycles. The van der Waals surface area contributed by atoms with Gasteiger partial charge in [-0.05, 0) is 19.3 Å². The van der Waals surface area contributed by atoms with Gasteiger partial charge in [0.1, 0.15) is 17.5 Å². The van der Waals surface area contributed by atoms with Gasteiger partial charge in [0.15, 0.2) is 0 Å². The average molecular weight is 390 g/mol. The van der Waals surface area contributed by atoms with Crippen LogP contribution in [0.15, 0.2) is 47.8 Å². The van der Waals surface area contributed by atoms with E-state index in [0.29, 0.717) is 43.8 Å². The third-order valence-electron chi connectivity index (χ3n) is 5.36. The molecule has 3 aliphatic heterocycles. The number of hydrazine groups is 1. The number of primary amides is 1. The highest BCUT2D eigenvalue weighted by Gasteiger charge is 2.35. The highest BCUT2D eigenvalue weighted by Crippen LogP contribution is 2.30. The molecule has 2 N–H and O–H groups in total. The highest BCUT2D eigenvalue weighted by molar-refractivity contribution is 5.92. The number of hydrogen-bond acceptors (Lipinski definition) is 4. The molecule has 28 heavy (non-hydrogen) atoms. The fourth-order valence-corrected chi connectivity index (χ4v) is 3.90. The van der Waals surface area contributed by atoms with Crippen LogP contribution < -0.4 is 5.73 Å². The van der Waals surface area contributed by atoms with Crippen LogP contribution in [0.25, 0.3) is 0 Å². The predicted octanol–water partition coefficient (Wildman–Crippen LogP) is 2.42. The van der Waals surface area contributed by atoms with Gasteiger partial charge in [-0.15, -0.1) is 0 Å². The number of allylic oxidation sites excluding steroid dienone is 1. The summed E-state index contributed by atoms with van der Waals surface area (Å²) in [5, 5.41) is 3.87. The molecular weight excluding hydrogens is 369 g/mol. The topological polar surface area (TPSA) is 52.8 Å². The number of nitrogens with zero attached hydrogens (tertiary/aromatic N) is 3. The number of carbonyl (C=O) groups excluding carboxylic acids is 1. The second kappa shape index (κ2) is 7.44. The van der Waals surface area contributed by atoms with Crippen molar-refractivity contribution in [2.24, 2.45) is 5.73 Å². The van der Waals surface area contributed by atoms with Crippen molar-refractivity contribution in [2.75, 3.05) is 19.8 Å². The Morgan fingerprint density at radius 3 is 2.64 bits per heavy atom. The average Bonchev–Trinajstić information content (AvgIpc) is 2.63. The molecule has 3 atom stereocenters. The largest absolute Gasteiger partial charge is 0.366 e. The zero-order valence-corrected chi connectivity index (χ0v) is 15.2. The number of fused-ring (bicyclic) bond motifs is 4. The summed E-state index contributed by atoms with van der Waals surface area (Å²) < 4.78 is 41.8. The number of rotatable bonds is 3. The normalized spacial score (nSPS) is 26.7. The van der Waals surface area contributed by atoms with Crippen molar-refractivity contribution in [3.63, 3.8) is 0 Å². The summed E-state index contributed by atoms with van der Waals surface area (Å²) >= 11 is 0. The Kier molecular flexibility index (Phi) is 4.99. The van der Waals surface area contributed by atoms with Crippen LogP contribution in [0.2, 0.25) is 0 Å². The van der Waals surface area contributed by atoms with E-state index in [0.717, 1.165) is 12.2 Å². The number of amides is 1. The molecule has 0 aliphatic carbocycles. The summed E-state index contributed by atoms with van der Waals surface area (Å²) in [5.41, 5.74) is 6.78. The SMILES string of the molecule is NC(=O)C1=CN2C(=CC1)CN1CC=CCC(Cc3c(F)cc(F)cc3F)N2C1. The molecule has 1 amide bonds. The van der Waals surface area contributed by atoms with E-state index in [2.05, 4.69) is 4.90 Å². The van der Waals surface area contributed by atoms with E-state index in [1.54, 1.807) is 6.20 Å². The van der Waals surface area contributed by atoms with Crippen molar-refractivity contribution in [3.05, 3.63) is 70.8 Å². The van der Waals surface area contributed by atoms with Gasteiger partial charge in [0.25, 0.3) is 0 Å². The maximum absolute atomic E-state index is 14.2. The number of benzene rings is 1.